The van der Waals surface area contributed by atoms with E-state index in [9.17, 15) is 4.79 Å². The normalized spacial score (nSPS) is 10.7. The van der Waals surface area contributed by atoms with Crippen molar-refractivity contribution in [2.24, 2.45) is 0 Å². The van der Waals surface area contributed by atoms with Crippen LogP contribution in [0, 0.1) is 0 Å². The van der Waals surface area contributed by atoms with Gasteiger partial charge in [0.1, 0.15) is 5.65 Å². The highest BCUT2D eigenvalue weighted by Crippen LogP contribution is 2.08. The number of rotatable bonds is 1. The number of aromatic nitrogens is 2. The largest absolute Gasteiger partial charge is 0.269 e. The van der Waals surface area contributed by atoms with Crippen molar-refractivity contribution in [3.05, 3.63) is 45.5 Å². The van der Waals surface area contributed by atoms with Gasteiger partial charge in [-0.2, -0.15) is 12.6 Å². The minimum atomic E-state index is -0.137. The average molecular weight is 227 g/mol. The van der Waals surface area contributed by atoms with E-state index in [0.29, 0.717) is 22.1 Å². The Bertz CT molecular complexity index is 538. The second-order valence-electron chi connectivity index (χ2n) is 2.82. The van der Waals surface area contributed by atoms with E-state index in [1.54, 1.807) is 18.3 Å². The summed E-state index contributed by atoms with van der Waals surface area (Å²) in [7, 11) is 0. The van der Waals surface area contributed by atoms with Gasteiger partial charge in [0, 0.05) is 18.0 Å². The maximum Gasteiger partial charge on any atom is 0.258 e. The molecular weight excluding hydrogens is 220 g/mol. The summed E-state index contributed by atoms with van der Waals surface area (Å²) in [6.45, 7) is 0. The van der Waals surface area contributed by atoms with Crippen molar-refractivity contribution in [2.45, 2.75) is 5.75 Å². The Morgan fingerprint density at radius 1 is 1.50 bits per heavy atom. The molecule has 2 rings (SSSR count). The molecule has 0 amide bonds. The number of nitrogens with zero attached hydrogens (tertiary/aromatic N) is 2. The lowest BCUT2D eigenvalue weighted by Crippen LogP contribution is -2.14. The van der Waals surface area contributed by atoms with E-state index in [4.69, 9.17) is 11.6 Å². The maximum atomic E-state index is 11.5. The number of halogens is 1. The minimum Gasteiger partial charge on any atom is -0.269 e. The molecule has 0 bridgehead atoms. The Morgan fingerprint density at radius 2 is 2.29 bits per heavy atom. The van der Waals surface area contributed by atoms with Gasteiger partial charge in [-0.05, 0) is 12.1 Å². The first kappa shape index (κ1) is 9.55. The van der Waals surface area contributed by atoms with Gasteiger partial charge >= 0.3 is 0 Å². The van der Waals surface area contributed by atoms with Crippen LogP contribution in [0.4, 0.5) is 0 Å². The highest BCUT2D eigenvalue weighted by molar-refractivity contribution is 7.79. The summed E-state index contributed by atoms with van der Waals surface area (Å²) in [5.74, 6) is 0.453. The van der Waals surface area contributed by atoms with Crippen molar-refractivity contribution in [1.29, 1.82) is 0 Å². The van der Waals surface area contributed by atoms with E-state index < -0.39 is 0 Å². The van der Waals surface area contributed by atoms with Gasteiger partial charge in [0.05, 0.1) is 10.7 Å². The van der Waals surface area contributed by atoms with Crippen LogP contribution in [0.25, 0.3) is 5.65 Å². The summed E-state index contributed by atoms with van der Waals surface area (Å²) in [4.78, 5) is 15.8. The molecule has 2 aromatic rings. The van der Waals surface area contributed by atoms with Gasteiger partial charge in [0.25, 0.3) is 5.56 Å². The van der Waals surface area contributed by atoms with Crippen molar-refractivity contribution < 1.29 is 0 Å². The summed E-state index contributed by atoms with van der Waals surface area (Å²) >= 11 is 9.83. The molecule has 0 radical (unpaired) electrons. The molecule has 2 aromatic heterocycles. The Morgan fingerprint density at radius 3 is 3.00 bits per heavy atom. The SMILES string of the molecule is O=c1cc(CS)nc2ccc(Cl)cn12. The van der Waals surface area contributed by atoms with E-state index in [0.717, 1.165) is 0 Å². The van der Waals surface area contributed by atoms with Crippen molar-refractivity contribution >= 4 is 29.9 Å². The van der Waals surface area contributed by atoms with Crippen LogP contribution in [-0.4, -0.2) is 9.38 Å². The van der Waals surface area contributed by atoms with Crippen LogP contribution in [0.2, 0.25) is 5.02 Å². The Labute approximate surface area is 90.8 Å². The van der Waals surface area contributed by atoms with Crippen LogP contribution in [0.15, 0.2) is 29.2 Å². The summed E-state index contributed by atoms with van der Waals surface area (Å²) in [5.41, 5.74) is 1.12. The van der Waals surface area contributed by atoms with E-state index in [2.05, 4.69) is 17.6 Å². The van der Waals surface area contributed by atoms with E-state index in [-0.39, 0.29) is 5.56 Å². The molecule has 0 fully saturated rings. The fourth-order valence-electron chi connectivity index (χ4n) is 1.21. The maximum absolute atomic E-state index is 11.5. The lowest BCUT2D eigenvalue weighted by molar-refractivity contribution is 1.01. The first-order valence-corrected chi connectivity index (χ1v) is 5.00. The van der Waals surface area contributed by atoms with E-state index in [1.807, 2.05) is 0 Å². The average Bonchev–Trinajstić information content (AvgIpc) is 2.19. The van der Waals surface area contributed by atoms with Gasteiger partial charge < -0.3 is 0 Å². The summed E-state index contributed by atoms with van der Waals surface area (Å²) in [6, 6.07) is 4.86. The molecule has 0 unspecified atom stereocenters. The molecule has 0 aliphatic rings. The fourth-order valence-corrected chi connectivity index (χ4v) is 1.53. The monoisotopic (exact) mass is 226 g/mol. The number of hydrogen-bond acceptors (Lipinski definition) is 3. The van der Waals surface area contributed by atoms with Gasteiger partial charge in [-0.15, -0.1) is 0 Å². The molecule has 0 aliphatic carbocycles. The van der Waals surface area contributed by atoms with Gasteiger partial charge in [0.15, 0.2) is 0 Å². The Kier molecular flexibility index (Phi) is 2.48. The second kappa shape index (κ2) is 3.63. The molecule has 5 heteroatoms. The third kappa shape index (κ3) is 1.63. The van der Waals surface area contributed by atoms with Crippen LogP contribution in [0.5, 0.6) is 0 Å². The van der Waals surface area contributed by atoms with E-state index in [1.165, 1.54) is 10.5 Å². The Balaban J connectivity index is 2.83. The van der Waals surface area contributed by atoms with Gasteiger partial charge in [-0.3, -0.25) is 9.20 Å². The molecule has 0 saturated heterocycles. The number of fused-ring (bicyclic) bond motifs is 1. The topological polar surface area (TPSA) is 34.4 Å². The molecule has 0 N–H and O–H groups in total. The van der Waals surface area contributed by atoms with Gasteiger partial charge in [-0.25, -0.2) is 4.98 Å². The third-order valence-electron chi connectivity index (χ3n) is 1.84. The van der Waals surface area contributed by atoms with Gasteiger partial charge in [0.2, 0.25) is 0 Å². The number of thiol groups is 1. The molecule has 0 saturated carbocycles. The second-order valence-corrected chi connectivity index (χ2v) is 3.57. The summed E-state index contributed by atoms with van der Waals surface area (Å²) in [6.07, 6.45) is 1.55. The molecule has 0 aliphatic heterocycles. The standard InChI is InChI=1S/C9H7ClN2OS/c10-6-1-2-8-11-7(5-14)3-9(13)12(8)4-6/h1-4,14H,5H2. The molecule has 3 nitrogen and oxygen atoms in total. The zero-order valence-corrected chi connectivity index (χ0v) is 8.79. The third-order valence-corrected chi connectivity index (χ3v) is 2.39. The van der Waals surface area contributed by atoms with Crippen LogP contribution in [0.3, 0.4) is 0 Å². The lowest BCUT2D eigenvalue weighted by Gasteiger charge is -2.01. The predicted molar refractivity (Wildman–Crippen MR) is 59.2 cm³/mol. The van der Waals surface area contributed by atoms with Crippen molar-refractivity contribution in [3.63, 3.8) is 0 Å². The minimum absolute atomic E-state index is 0.137. The molecule has 0 atom stereocenters. The zero-order valence-electron chi connectivity index (χ0n) is 7.14. The van der Waals surface area contributed by atoms with Crippen LogP contribution >= 0.6 is 24.2 Å². The quantitative estimate of drug-likeness (QED) is 0.753. The van der Waals surface area contributed by atoms with E-state index >= 15 is 0 Å². The highest BCUT2D eigenvalue weighted by atomic mass is 35.5. The van der Waals surface area contributed by atoms with Crippen LogP contribution in [-0.2, 0) is 5.75 Å². The van der Waals surface area contributed by atoms with Crippen molar-refractivity contribution in [2.75, 3.05) is 0 Å². The first-order chi connectivity index (χ1) is 6.70. The lowest BCUT2D eigenvalue weighted by atomic mass is 10.4. The summed E-state index contributed by atoms with van der Waals surface area (Å²) < 4.78 is 1.41. The van der Waals surface area contributed by atoms with Gasteiger partial charge in [-0.1, -0.05) is 11.6 Å². The molecule has 0 spiro atoms. The summed E-state index contributed by atoms with van der Waals surface area (Å²) in [5, 5.41) is 0.514. The number of pyridine rings is 1. The van der Waals surface area contributed by atoms with Crippen molar-refractivity contribution in [3.8, 4) is 0 Å². The van der Waals surface area contributed by atoms with Crippen molar-refractivity contribution in [1.82, 2.24) is 9.38 Å². The fraction of sp³-hybridized carbons (Fsp3) is 0.111. The first-order valence-electron chi connectivity index (χ1n) is 3.99. The molecular formula is C9H7ClN2OS. The molecule has 2 heterocycles. The van der Waals surface area contributed by atoms with Crippen LogP contribution < -0.4 is 5.56 Å². The zero-order chi connectivity index (χ0) is 10.1. The predicted octanol–water partition coefficient (Wildman–Crippen LogP) is 1.78. The molecule has 72 valence electrons. The Hall–Kier alpha value is -1.00. The number of hydrogen-bond donors (Lipinski definition) is 1. The smallest absolute Gasteiger partial charge is 0.258 e. The molecule has 14 heavy (non-hydrogen) atoms. The van der Waals surface area contributed by atoms with Crippen LogP contribution in [0.1, 0.15) is 5.69 Å². The molecule has 0 aromatic carbocycles. The highest BCUT2D eigenvalue weighted by Gasteiger charge is 2.00.